The van der Waals surface area contributed by atoms with Crippen molar-refractivity contribution in [3.8, 4) is 0 Å². The van der Waals surface area contributed by atoms with Gasteiger partial charge in [-0.1, -0.05) is 37.2 Å². The fraction of sp³-hybridized carbons (Fsp3) is 0.667. The normalized spacial score (nSPS) is 12.3. The van der Waals surface area contributed by atoms with Crippen LogP contribution < -0.4 is 10.2 Å². The van der Waals surface area contributed by atoms with Crippen molar-refractivity contribution in [3.05, 3.63) is 11.2 Å². The van der Waals surface area contributed by atoms with E-state index in [4.69, 9.17) is 11.6 Å². The van der Waals surface area contributed by atoms with E-state index < -0.39 is 0 Å². The van der Waals surface area contributed by atoms with Gasteiger partial charge in [0.15, 0.2) is 5.16 Å². The second kappa shape index (κ2) is 9.20. The molecule has 0 bridgehead atoms. The molecule has 1 heterocycles. The Kier molecular flexibility index (Phi) is 7.96. The molecule has 1 rings (SSSR count). The molecule has 0 aliphatic carbocycles. The average Bonchev–Trinajstić information content (AvgIpc) is 2.46. The maximum Gasteiger partial charge on any atom is 0.230 e. The van der Waals surface area contributed by atoms with Crippen LogP contribution >= 0.6 is 23.4 Å². The zero-order valence-corrected chi connectivity index (χ0v) is 15.5. The fourth-order valence-electron chi connectivity index (χ4n) is 1.75. The van der Waals surface area contributed by atoms with Crippen molar-refractivity contribution in [1.29, 1.82) is 0 Å². The second-order valence-electron chi connectivity index (χ2n) is 5.39. The molecule has 0 unspecified atom stereocenters. The monoisotopic (exact) mass is 344 g/mol. The van der Waals surface area contributed by atoms with Gasteiger partial charge in [0.25, 0.3) is 0 Å². The number of hydrogen-bond acceptors (Lipinski definition) is 5. The second-order valence-corrected chi connectivity index (χ2v) is 6.72. The van der Waals surface area contributed by atoms with Gasteiger partial charge in [-0.3, -0.25) is 4.79 Å². The van der Waals surface area contributed by atoms with Gasteiger partial charge < -0.3 is 10.2 Å². The topological polar surface area (TPSA) is 58.1 Å². The molecule has 0 aromatic carbocycles. The first-order valence-corrected chi connectivity index (χ1v) is 8.95. The highest BCUT2D eigenvalue weighted by Gasteiger charge is 2.13. The lowest BCUT2D eigenvalue weighted by atomic mass is 10.1. The zero-order valence-electron chi connectivity index (χ0n) is 13.9. The summed E-state index contributed by atoms with van der Waals surface area (Å²) in [5.41, 5.74) is 0. The lowest BCUT2D eigenvalue weighted by Crippen LogP contribution is -2.37. The minimum absolute atomic E-state index is 0.0147. The van der Waals surface area contributed by atoms with Crippen LogP contribution in [0, 0.1) is 5.92 Å². The molecule has 124 valence electrons. The van der Waals surface area contributed by atoms with E-state index in [0.717, 1.165) is 18.9 Å². The van der Waals surface area contributed by atoms with Crippen molar-refractivity contribution < 1.29 is 4.79 Å². The first-order valence-electron chi connectivity index (χ1n) is 7.59. The van der Waals surface area contributed by atoms with Crippen LogP contribution in [-0.2, 0) is 4.79 Å². The first-order chi connectivity index (χ1) is 10.4. The van der Waals surface area contributed by atoms with Crippen molar-refractivity contribution in [2.75, 3.05) is 23.7 Å². The van der Waals surface area contributed by atoms with Gasteiger partial charge in [-0.25, -0.2) is 9.97 Å². The highest BCUT2D eigenvalue weighted by atomic mass is 35.5. The largest absolute Gasteiger partial charge is 0.357 e. The molecule has 0 saturated carbocycles. The maximum absolute atomic E-state index is 11.9. The van der Waals surface area contributed by atoms with Crippen molar-refractivity contribution in [2.45, 2.75) is 45.8 Å². The third kappa shape index (κ3) is 6.01. The van der Waals surface area contributed by atoms with Crippen LogP contribution in [0.3, 0.4) is 0 Å². The Hall–Kier alpha value is -1.01. The van der Waals surface area contributed by atoms with Crippen LogP contribution in [0.15, 0.2) is 11.2 Å². The number of carbonyl (C=O) groups is 1. The van der Waals surface area contributed by atoms with Gasteiger partial charge in [0, 0.05) is 25.2 Å². The summed E-state index contributed by atoms with van der Waals surface area (Å²) in [6.07, 6.45) is 0. The van der Waals surface area contributed by atoms with Gasteiger partial charge in [-0.2, -0.15) is 0 Å². The minimum Gasteiger partial charge on any atom is -0.357 e. The number of nitrogens with zero attached hydrogens (tertiary/aromatic N) is 3. The van der Waals surface area contributed by atoms with E-state index in [2.05, 4.69) is 47.9 Å². The molecule has 0 fully saturated rings. The van der Waals surface area contributed by atoms with Crippen molar-refractivity contribution in [3.63, 3.8) is 0 Å². The highest BCUT2D eigenvalue weighted by molar-refractivity contribution is 7.99. The maximum atomic E-state index is 11.9. The molecule has 1 N–H and O–H groups in total. The first kappa shape index (κ1) is 19.0. The molecule has 1 aromatic rings. The van der Waals surface area contributed by atoms with E-state index in [1.807, 2.05) is 6.92 Å². The summed E-state index contributed by atoms with van der Waals surface area (Å²) in [4.78, 5) is 22.7. The van der Waals surface area contributed by atoms with E-state index >= 15 is 0 Å². The van der Waals surface area contributed by atoms with E-state index in [-0.39, 0.29) is 17.7 Å². The number of rotatable bonds is 8. The molecular formula is C15H25ClN4OS. The number of hydrogen-bond donors (Lipinski definition) is 1. The summed E-state index contributed by atoms with van der Waals surface area (Å²) in [7, 11) is 0. The van der Waals surface area contributed by atoms with Crippen molar-refractivity contribution in [1.82, 2.24) is 15.3 Å². The highest BCUT2D eigenvalue weighted by Crippen LogP contribution is 2.21. The van der Waals surface area contributed by atoms with Crippen molar-refractivity contribution in [2.24, 2.45) is 5.92 Å². The van der Waals surface area contributed by atoms with Crippen LogP contribution in [0.2, 0.25) is 5.15 Å². The molecular weight excluding hydrogens is 320 g/mol. The van der Waals surface area contributed by atoms with E-state index in [1.54, 1.807) is 6.07 Å². The van der Waals surface area contributed by atoms with Gasteiger partial charge in [0.05, 0.1) is 5.75 Å². The van der Waals surface area contributed by atoms with Gasteiger partial charge in [0.1, 0.15) is 11.0 Å². The summed E-state index contributed by atoms with van der Waals surface area (Å²) in [6.45, 7) is 12.0. The van der Waals surface area contributed by atoms with Crippen LogP contribution in [0.1, 0.15) is 34.6 Å². The van der Waals surface area contributed by atoms with Crippen LogP contribution in [-0.4, -0.2) is 40.8 Å². The summed E-state index contributed by atoms with van der Waals surface area (Å²) in [5.74, 6) is 1.48. The number of aromatic nitrogens is 2. The Bertz CT molecular complexity index is 494. The van der Waals surface area contributed by atoms with Crippen molar-refractivity contribution >= 4 is 35.1 Å². The number of amides is 1. The van der Waals surface area contributed by atoms with Gasteiger partial charge in [-0.15, -0.1) is 0 Å². The van der Waals surface area contributed by atoms with Gasteiger partial charge in [0.2, 0.25) is 5.91 Å². The van der Waals surface area contributed by atoms with E-state index in [1.165, 1.54) is 11.8 Å². The average molecular weight is 345 g/mol. The molecule has 0 aliphatic rings. The lowest BCUT2D eigenvalue weighted by Gasteiger charge is -2.20. The Morgan fingerprint density at radius 2 is 1.95 bits per heavy atom. The summed E-state index contributed by atoms with van der Waals surface area (Å²) in [5, 5.41) is 3.89. The zero-order chi connectivity index (χ0) is 16.7. The Labute approximate surface area is 142 Å². The molecule has 0 aliphatic heterocycles. The number of halogens is 1. The summed E-state index contributed by atoms with van der Waals surface area (Å²) < 4.78 is 0. The van der Waals surface area contributed by atoms with Gasteiger partial charge in [-0.05, 0) is 26.7 Å². The van der Waals surface area contributed by atoms with E-state index in [0.29, 0.717) is 16.2 Å². The minimum atomic E-state index is -0.0147. The number of anilines is 1. The summed E-state index contributed by atoms with van der Waals surface area (Å²) in [6, 6.07) is 1.90. The molecule has 22 heavy (non-hydrogen) atoms. The Balaban J connectivity index is 2.68. The number of carbonyl (C=O) groups excluding carboxylic acids is 1. The fourth-order valence-corrected chi connectivity index (χ4v) is 2.64. The molecule has 7 heteroatoms. The number of nitrogens with one attached hydrogen (secondary N) is 1. The third-order valence-electron chi connectivity index (χ3n) is 3.47. The molecule has 1 atom stereocenters. The predicted molar refractivity (Wildman–Crippen MR) is 93.8 cm³/mol. The van der Waals surface area contributed by atoms with Gasteiger partial charge >= 0.3 is 0 Å². The molecule has 1 aromatic heterocycles. The van der Waals surface area contributed by atoms with Crippen LogP contribution in [0.5, 0.6) is 0 Å². The molecule has 1 amide bonds. The number of thioether (sulfide) groups is 1. The standard InChI is InChI=1S/C15H25ClN4OS/c1-6-20(7-2)13-8-12(16)18-15(19-13)22-9-14(21)17-11(5)10(3)4/h8,10-11H,6-7,9H2,1-5H3,(H,17,21)/t11-/m0/s1. The molecule has 0 spiro atoms. The molecule has 5 nitrogen and oxygen atoms in total. The lowest BCUT2D eigenvalue weighted by molar-refractivity contribution is -0.119. The Morgan fingerprint density at radius 3 is 2.50 bits per heavy atom. The molecule has 0 radical (unpaired) electrons. The van der Waals surface area contributed by atoms with Crippen LogP contribution in [0.25, 0.3) is 0 Å². The summed E-state index contributed by atoms with van der Waals surface area (Å²) >= 11 is 7.36. The third-order valence-corrected chi connectivity index (χ3v) is 4.51. The quantitative estimate of drug-likeness (QED) is 0.445. The van der Waals surface area contributed by atoms with E-state index in [9.17, 15) is 4.79 Å². The molecule has 0 saturated heterocycles. The Morgan fingerprint density at radius 1 is 1.32 bits per heavy atom. The predicted octanol–water partition coefficient (Wildman–Crippen LogP) is 3.23. The van der Waals surface area contributed by atoms with Crippen LogP contribution in [0.4, 0.5) is 5.82 Å². The smallest absolute Gasteiger partial charge is 0.230 e. The SMILES string of the molecule is CCN(CC)c1cc(Cl)nc(SCC(=O)N[C@@H](C)C(C)C)n1.